The van der Waals surface area contributed by atoms with Gasteiger partial charge in [-0.05, 0) is 44.7 Å². The Morgan fingerprint density at radius 3 is 2.77 bits per heavy atom. The normalized spacial score (nSPS) is 25.5. The lowest BCUT2D eigenvalue weighted by atomic mass is 9.74. The van der Waals surface area contributed by atoms with Crippen LogP contribution in [-0.2, 0) is 17.8 Å². The van der Waals surface area contributed by atoms with Crippen LogP contribution in [0, 0.1) is 5.92 Å². The number of imidazole rings is 1. The van der Waals surface area contributed by atoms with Gasteiger partial charge < -0.3 is 15.6 Å². The molecule has 5 nitrogen and oxygen atoms in total. The summed E-state index contributed by atoms with van der Waals surface area (Å²) in [5, 5.41) is 3.05. The summed E-state index contributed by atoms with van der Waals surface area (Å²) in [6, 6.07) is 7.99. The van der Waals surface area contributed by atoms with Crippen molar-refractivity contribution in [3.05, 3.63) is 36.3 Å². The van der Waals surface area contributed by atoms with Crippen molar-refractivity contribution in [2.24, 2.45) is 11.7 Å². The van der Waals surface area contributed by atoms with Crippen molar-refractivity contribution < 1.29 is 4.79 Å². The highest BCUT2D eigenvalue weighted by atomic mass is 16.1. The summed E-state index contributed by atoms with van der Waals surface area (Å²) in [7, 11) is 0. The van der Waals surface area contributed by atoms with E-state index in [1.54, 1.807) is 0 Å². The van der Waals surface area contributed by atoms with Gasteiger partial charge in [0.25, 0.3) is 0 Å². The molecule has 1 fully saturated rings. The molecule has 0 bridgehead atoms. The summed E-state index contributed by atoms with van der Waals surface area (Å²) >= 11 is 0. The average Bonchev–Trinajstić information content (AvgIpc) is 3.06. The van der Waals surface area contributed by atoms with E-state index < -0.39 is 5.54 Å². The van der Waals surface area contributed by atoms with Crippen molar-refractivity contribution in [2.45, 2.75) is 64.0 Å². The molecule has 1 saturated carbocycles. The number of aryl methyl sites for hydroxylation is 2. The Hall–Kier alpha value is -2.14. The first-order valence-corrected chi connectivity index (χ1v) is 9.79. The Balaban J connectivity index is 1.46. The van der Waals surface area contributed by atoms with Gasteiger partial charge in [-0.15, -0.1) is 0 Å². The number of nitrogens with zero attached hydrogens (tertiary/aromatic N) is 2. The third-order valence-electron chi connectivity index (χ3n) is 5.93. The number of rotatable bonds is 3. The number of aromatic nitrogens is 2. The van der Waals surface area contributed by atoms with E-state index in [-0.39, 0.29) is 11.8 Å². The Morgan fingerprint density at radius 1 is 1.23 bits per heavy atom. The number of fused-ring (bicyclic) bond motifs is 1. The molecule has 26 heavy (non-hydrogen) atoms. The molecule has 1 aliphatic carbocycles. The first-order chi connectivity index (χ1) is 12.5. The quantitative estimate of drug-likeness (QED) is 0.884. The highest BCUT2D eigenvalue weighted by molar-refractivity contribution is 5.93. The molecule has 0 radical (unpaired) electrons. The minimum Gasteiger partial charge on any atom is -0.334 e. The Labute approximate surface area is 155 Å². The molecule has 2 aliphatic rings. The Morgan fingerprint density at radius 2 is 2.04 bits per heavy atom. The minimum absolute atomic E-state index is 0.0416. The van der Waals surface area contributed by atoms with Gasteiger partial charge in [-0.3, -0.25) is 4.79 Å². The molecule has 0 saturated heterocycles. The van der Waals surface area contributed by atoms with Gasteiger partial charge in [0.1, 0.15) is 5.82 Å². The molecule has 2 atom stereocenters. The van der Waals surface area contributed by atoms with Gasteiger partial charge in [0, 0.05) is 36.0 Å². The number of anilines is 1. The van der Waals surface area contributed by atoms with Crippen LogP contribution in [-0.4, -0.2) is 21.0 Å². The van der Waals surface area contributed by atoms with Gasteiger partial charge in [-0.1, -0.05) is 25.0 Å². The van der Waals surface area contributed by atoms with Crippen LogP contribution in [0.1, 0.15) is 51.3 Å². The van der Waals surface area contributed by atoms with E-state index in [0.29, 0.717) is 0 Å². The molecule has 5 heteroatoms. The van der Waals surface area contributed by atoms with Crippen molar-refractivity contribution in [3.8, 4) is 11.3 Å². The number of nitrogens with one attached hydrogen (secondary N) is 1. The van der Waals surface area contributed by atoms with Gasteiger partial charge in [-0.25, -0.2) is 4.98 Å². The molecule has 2 aromatic rings. The zero-order chi connectivity index (χ0) is 18.1. The van der Waals surface area contributed by atoms with E-state index in [1.807, 2.05) is 31.2 Å². The largest absolute Gasteiger partial charge is 0.334 e. The van der Waals surface area contributed by atoms with Crippen LogP contribution in [0.5, 0.6) is 0 Å². The van der Waals surface area contributed by atoms with Crippen molar-refractivity contribution in [2.75, 3.05) is 5.32 Å². The molecular formula is C21H28N4O. The molecule has 2 heterocycles. The molecule has 1 amide bonds. The summed E-state index contributed by atoms with van der Waals surface area (Å²) < 4.78 is 2.26. The number of nitrogens with two attached hydrogens (primary N) is 1. The summed E-state index contributed by atoms with van der Waals surface area (Å²) in [4.78, 5) is 17.4. The first-order valence-electron chi connectivity index (χ1n) is 9.79. The fourth-order valence-electron chi connectivity index (χ4n) is 4.29. The molecule has 1 aliphatic heterocycles. The molecular weight excluding hydrogens is 324 g/mol. The maximum absolute atomic E-state index is 12.7. The smallest absolute Gasteiger partial charge is 0.229 e. The van der Waals surface area contributed by atoms with Crippen molar-refractivity contribution in [3.63, 3.8) is 0 Å². The van der Waals surface area contributed by atoms with Gasteiger partial charge in [0.15, 0.2) is 0 Å². The second-order valence-corrected chi connectivity index (χ2v) is 8.06. The van der Waals surface area contributed by atoms with Crippen LogP contribution in [0.15, 0.2) is 30.5 Å². The minimum atomic E-state index is -0.405. The van der Waals surface area contributed by atoms with Gasteiger partial charge >= 0.3 is 0 Å². The first kappa shape index (κ1) is 17.3. The van der Waals surface area contributed by atoms with Crippen molar-refractivity contribution in [1.82, 2.24) is 9.55 Å². The molecule has 1 aromatic carbocycles. The average molecular weight is 352 g/mol. The molecule has 1 aromatic heterocycles. The molecule has 3 N–H and O–H groups in total. The van der Waals surface area contributed by atoms with Gasteiger partial charge in [-0.2, -0.15) is 0 Å². The van der Waals surface area contributed by atoms with Crippen molar-refractivity contribution >= 4 is 11.6 Å². The number of amides is 1. The number of benzene rings is 1. The topological polar surface area (TPSA) is 72.9 Å². The van der Waals surface area contributed by atoms with E-state index in [4.69, 9.17) is 10.7 Å². The summed E-state index contributed by atoms with van der Waals surface area (Å²) in [6.45, 7) is 3.07. The third-order valence-corrected chi connectivity index (χ3v) is 5.93. The van der Waals surface area contributed by atoms with Crippen LogP contribution >= 0.6 is 0 Å². The molecule has 138 valence electrons. The molecule has 0 spiro atoms. The second-order valence-electron chi connectivity index (χ2n) is 8.06. The molecule has 2 unspecified atom stereocenters. The van der Waals surface area contributed by atoms with E-state index in [1.165, 1.54) is 18.7 Å². The second kappa shape index (κ2) is 6.88. The highest BCUT2D eigenvalue weighted by Crippen LogP contribution is 2.32. The fourth-order valence-corrected chi connectivity index (χ4v) is 4.29. The van der Waals surface area contributed by atoms with Crippen LogP contribution in [0.4, 0.5) is 5.69 Å². The lowest BCUT2D eigenvalue weighted by molar-refractivity contribution is -0.122. The summed E-state index contributed by atoms with van der Waals surface area (Å²) in [6.07, 6.45) is 9.63. The SMILES string of the molecule is CC1(N)CCCCC1C(=O)Nc1ccc(-c2cn3c(n2)CCCC3)cc1. The zero-order valence-corrected chi connectivity index (χ0v) is 15.5. The summed E-state index contributed by atoms with van der Waals surface area (Å²) in [5.74, 6) is 1.11. The van der Waals surface area contributed by atoms with Crippen LogP contribution in [0.2, 0.25) is 0 Å². The van der Waals surface area contributed by atoms with Gasteiger partial charge in [0.05, 0.1) is 11.6 Å². The summed E-state index contributed by atoms with van der Waals surface area (Å²) in [5.41, 5.74) is 8.88. The van der Waals surface area contributed by atoms with Gasteiger partial charge in [0.2, 0.25) is 5.91 Å². The fraction of sp³-hybridized carbons (Fsp3) is 0.524. The van der Waals surface area contributed by atoms with Crippen LogP contribution in [0.3, 0.4) is 0 Å². The highest BCUT2D eigenvalue weighted by Gasteiger charge is 2.37. The number of hydrogen-bond donors (Lipinski definition) is 2. The maximum Gasteiger partial charge on any atom is 0.229 e. The molecule has 4 rings (SSSR count). The number of carbonyl (C=O) groups is 1. The van der Waals surface area contributed by atoms with E-state index in [9.17, 15) is 4.79 Å². The van der Waals surface area contributed by atoms with Crippen LogP contribution < -0.4 is 11.1 Å². The zero-order valence-electron chi connectivity index (χ0n) is 15.5. The number of carbonyl (C=O) groups excluding carboxylic acids is 1. The lowest BCUT2D eigenvalue weighted by Gasteiger charge is -2.37. The third kappa shape index (κ3) is 3.40. The predicted molar refractivity (Wildman–Crippen MR) is 104 cm³/mol. The maximum atomic E-state index is 12.7. The van der Waals surface area contributed by atoms with E-state index in [2.05, 4.69) is 16.1 Å². The predicted octanol–water partition coefficient (Wildman–Crippen LogP) is 3.73. The monoisotopic (exact) mass is 352 g/mol. The van der Waals surface area contributed by atoms with E-state index in [0.717, 1.165) is 55.6 Å². The standard InChI is InChI=1S/C21H28N4O/c1-21(22)12-4-2-6-17(21)20(26)23-16-10-8-15(9-11-16)18-14-25-13-5-3-7-19(25)24-18/h8-11,14,17H,2-7,12-13,22H2,1H3,(H,23,26). The van der Waals surface area contributed by atoms with Crippen molar-refractivity contribution in [1.29, 1.82) is 0 Å². The van der Waals surface area contributed by atoms with E-state index >= 15 is 0 Å². The Bertz CT molecular complexity index is 767. The van der Waals surface area contributed by atoms with Crippen LogP contribution in [0.25, 0.3) is 11.3 Å². The Kier molecular flexibility index (Phi) is 4.57. The lowest BCUT2D eigenvalue weighted by Crippen LogP contribution is -2.51. The number of hydrogen-bond acceptors (Lipinski definition) is 3.